The third kappa shape index (κ3) is 7.13. The second kappa shape index (κ2) is 15.0. The van der Waals surface area contributed by atoms with Gasteiger partial charge in [-0.1, -0.05) is 0 Å². The molecule has 40 heavy (non-hydrogen) atoms. The number of halogens is 9. The maximum absolute atomic E-state index is 13.9. The molecule has 0 radical (unpaired) electrons. The van der Waals surface area contributed by atoms with Gasteiger partial charge in [-0.25, -0.2) is 39.5 Å². The summed E-state index contributed by atoms with van der Waals surface area (Å²) >= 11 is 0. The van der Waals surface area contributed by atoms with Crippen LogP contribution in [0, 0.1) is 0 Å². The van der Waals surface area contributed by atoms with Crippen LogP contribution in [-0.4, -0.2) is 0 Å². The predicted molar refractivity (Wildman–Crippen MR) is 131 cm³/mol. The molecule has 218 valence electrons. The van der Waals surface area contributed by atoms with Gasteiger partial charge in [-0.2, -0.15) is 0 Å². The molecule has 0 unspecified atom stereocenters. The number of rotatable bonds is 15. The Hall–Kier alpha value is -3.14. The summed E-state index contributed by atoms with van der Waals surface area (Å²) in [6.07, 6.45) is 0. The van der Waals surface area contributed by atoms with Gasteiger partial charge in [0.15, 0.2) is 0 Å². The van der Waals surface area contributed by atoms with Gasteiger partial charge in [0.1, 0.15) is 77.3 Å². The Morgan fingerprint density at radius 1 is 0.350 bits per heavy atom. The van der Waals surface area contributed by atoms with Crippen LogP contribution in [0.5, 0.6) is 17.2 Å². The van der Waals surface area contributed by atoms with Gasteiger partial charge in [0, 0.05) is 33.4 Å². The first kappa shape index (κ1) is 31.4. The molecule has 0 aliphatic heterocycles. The first-order chi connectivity index (χ1) is 19.4. The summed E-state index contributed by atoms with van der Waals surface area (Å²) in [7, 11) is -3.04. The fraction of sp³-hybridized carbons (Fsp3) is 0.333. The summed E-state index contributed by atoms with van der Waals surface area (Å²) in [6, 6.07) is 6.30. The third-order valence-corrected chi connectivity index (χ3v) is 6.73. The highest BCUT2D eigenvalue weighted by Crippen LogP contribution is 2.49. The Bertz CT molecular complexity index is 1060. The van der Waals surface area contributed by atoms with E-state index in [1.54, 1.807) is 0 Å². The molecule has 0 bridgehead atoms. The van der Waals surface area contributed by atoms with Crippen LogP contribution in [-0.2, 0) is 60.1 Å². The molecule has 0 aromatic heterocycles. The van der Waals surface area contributed by atoms with E-state index in [4.69, 9.17) is 13.6 Å². The fourth-order valence-electron chi connectivity index (χ4n) is 3.94. The van der Waals surface area contributed by atoms with Crippen molar-refractivity contribution in [2.75, 3.05) is 0 Å². The predicted octanol–water partition coefficient (Wildman–Crippen LogP) is 9.68. The molecule has 3 aromatic carbocycles. The van der Waals surface area contributed by atoms with Gasteiger partial charge in [-0.05, 0) is 53.1 Å². The van der Waals surface area contributed by atoms with Crippen molar-refractivity contribution in [3.05, 3.63) is 86.5 Å². The van der Waals surface area contributed by atoms with Crippen molar-refractivity contribution in [2.45, 2.75) is 60.1 Å². The summed E-state index contributed by atoms with van der Waals surface area (Å²) in [4.78, 5) is 0. The average molecular weight is 598 g/mol. The topological polar surface area (TPSA) is 27.7 Å². The molecule has 0 saturated heterocycles. The summed E-state index contributed by atoms with van der Waals surface area (Å²) in [5.41, 5.74) is -2.14. The Balaban J connectivity index is 2.19. The molecule has 0 fully saturated rings. The zero-order valence-electron chi connectivity index (χ0n) is 20.9. The second-order valence-electron chi connectivity index (χ2n) is 8.43. The van der Waals surface area contributed by atoms with E-state index in [1.165, 1.54) is 0 Å². The van der Waals surface area contributed by atoms with Crippen molar-refractivity contribution in [1.29, 1.82) is 0 Å². The van der Waals surface area contributed by atoms with Crippen molar-refractivity contribution in [2.24, 2.45) is 0 Å². The molecule has 0 atom stereocenters. The highest BCUT2D eigenvalue weighted by Gasteiger charge is 2.29. The summed E-state index contributed by atoms with van der Waals surface area (Å²) < 4.78 is 140. The summed E-state index contributed by atoms with van der Waals surface area (Å²) in [5, 5.41) is 0. The lowest BCUT2D eigenvalue weighted by Gasteiger charge is -2.24. The van der Waals surface area contributed by atoms with E-state index in [0.717, 1.165) is 36.4 Å². The average Bonchev–Trinajstić information content (AvgIpc) is 3.00. The minimum Gasteiger partial charge on any atom is -0.408 e. The van der Waals surface area contributed by atoms with Crippen molar-refractivity contribution in [3.63, 3.8) is 0 Å². The number of hydrogen-bond acceptors (Lipinski definition) is 3. The van der Waals surface area contributed by atoms with Crippen LogP contribution in [0.3, 0.4) is 0 Å². The molecule has 0 spiro atoms. The van der Waals surface area contributed by atoms with E-state index in [1.807, 2.05) is 0 Å². The normalized spacial score (nSPS) is 11.2. The molecular weight excluding hydrogens is 574 g/mol. The van der Waals surface area contributed by atoms with Gasteiger partial charge in [-0.3, -0.25) is 0 Å². The minimum absolute atomic E-state index is 0.0682. The Kier molecular flexibility index (Phi) is 11.8. The molecule has 13 heteroatoms. The lowest BCUT2D eigenvalue weighted by atomic mass is 10.1. The highest BCUT2D eigenvalue weighted by molar-refractivity contribution is 7.43. The van der Waals surface area contributed by atoms with E-state index in [-0.39, 0.29) is 50.1 Å². The highest BCUT2D eigenvalue weighted by atomic mass is 31.2. The molecular formula is C27H24F9O3P. The molecule has 0 saturated carbocycles. The van der Waals surface area contributed by atoms with E-state index < -0.39 is 85.9 Å². The molecule has 0 amide bonds. The molecule has 0 heterocycles. The van der Waals surface area contributed by atoms with Gasteiger partial charge >= 0.3 is 8.60 Å². The zero-order chi connectivity index (χ0) is 29.2. The van der Waals surface area contributed by atoms with Crippen molar-refractivity contribution in [1.82, 2.24) is 0 Å². The molecule has 3 nitrogen and oxygen atoms in total. The fourth-order valence-corrected chi connectivity index (χ4v) is 5.20. The van der Waals surface area contributed by atoms with E-state index in [9.17, 15) is 39.5 Å². The SMILES string of the molecule is FCc1cc(CF)c(OP(Oc2c(CF)cc(CF)cc2CF)Oc2c(CF)cc(CF)cc2CF)c(CF)c1. The quantitative estimate of drug-likeness (QED) is 0.129. The largest absolute Gasteiger partial charge is 0.530 e. The summed E-state index contributed by atoms with van der Waals surface area (Å²) in [6.45, 7) is -10.7. The second-order valence-corrected chi connectivity index (χ2v) is 9.42. The van der Waals surface area contributed by atoms with E-state index in [2.05, 4.69) is 0 Å². The Morgan fingerprint density at radius 2 is 0.550 bits per heavy atom. The van der Waals surface area contributed by atoms with Crippen LogP contribution >= 0.6 is 8.60 Å². The van der Waals surface area contributed by atoms with Crippen molar-refractivity contribution < 1.29 is 53.1 Å². The van der Waals surface area contributed by atoms with E-state index in [0.29, 0.717) is 0 Å². The molecule has 0 N–H and O–H groups in total. The third-order valence-electron chi connectivity index (χ3n) is 5.73. The number of benzene rings is 3. The van der Waals surface area contributed by atoms with Gasteiger partial charge in [0.05, 0.1) is 0 Å². The number of alkyl halides is 9. The maximum atomic E-state index is 13.9. The van der Waals surface area contributed by atoms with Crippen molar-refractivity contribution in [3.8, 4) is 17.2 Å². The minimum atomic E-state index is -3.04. The van der Waals surface area contributed by atoms with Crippen molar-refractivity contribution >= 4 is 8.60 Å². The van der Waals surface area contributed by atoms with Crippen LogP contribution in [0.1, 0.15) is 50.1 Å². The standard InChI is InChI=1S/C27H24F9O3P/c28-7-16-1-19(10-31)25(20(2-16)11-32)37-40(38-26-21(12-33)3-17(8-29)4-22(26)13-34)39-27-23(14-35)5-18(9-30)6-24(27)15-36/h1-6H,7-15H2. The first-order valence-corrected chi connectivity index (χ1v) is 12.8. The smallest absolute Gasteiger partial charge is 0.408 e. The maximum Gasteiger partial charge on any atom is 0.530 e. The lowest BCUT2D eigenvalue weighted by molar-refractivity contribution is 0.355. The molecule has 3 rings (SSSR count). The lowest BCUT2D eigenvalue weighted by Crippen LogP contribution is -2.10. The van der Waals surface area contributed by atoms with Crippen LogP contribution in [0.25, 0.3) is 0 Å². The van der Waals surface area contributed by atoms with Crippen LogP contribution < -0.4 is 13.6 Å². The Labute approximate surface area is 225 Å². The first-order valence-electron chi connectivity index (χ1n) is 11.7. The zero-order valence-corrected chi connectivity index (χ0v) is 21.8. The summed E-state index contributed by atoms with van der Waals surface area (Å²) in [5.74, 6) is -1.45. The van der Waals surface area contributed by atoms with Crippen LogP contribution in [0.2, 0.25) is 0 Å². The van der Waals surface area contributed by atoms with Gasteiger partial charge in [0.25, 0.3) is 0 Å². The molecule has 0 aliphatic rings. The van der Waals surface area contributed by atoms with Crippen LogP contribution in [0.4, 0.5) is 39.5 Å². The molecule has 3 aromatic rings. The Morgan fingerprint density at radius 3 is 0.700 bits per heavy atom. The van der Waals surface area contributed by atoms with E-state index >= 15 is 0 Å². The van der Waals surface area contributed by atoms with Crippen LogP contribution in [0.15, 0.2) is 36.4 Å². The monoisotopic (exact) mass is 598 g/mol. The van der Waals surface area contributed by atoms with Gasteiger partial charge in [-0.15, -0.1) is 0 Å². The molecule has 0 aliphatic carbocycles. The number of hydrogen-bond donors (Lipinski definition) is 0. The van der Waals surface area contributed by atoms with Gasteiger partial charge < -0.3 is 13.6 Å². The van der Waals surface area contributed by atoms with Gasteiger partial charge in [0.2, 0.25) is 0 Å².